The standard InChI is InChI=1S/C15H22N2O2.ClH/c1-3-8-15(2,16)14(18)17-12-6-7-13-11(10-12)5-4-9-19-13;/h6-7,10H,3-5,8-9,16H2,1-2H3,(H,17,18);1H. The van der Waals surface area contributed by atoms with E-state index < -0.39 is 5.54 Å². The molecule has 5 heteroatoms. The SMILES string of the molecule is CCCC(C)(N)C(=O)Nc1ccc2c(c1)CCCO2.Cl. The van der Waals surface area contributed by atoms with Crippen molar-refractivity contribution in [3.63, 3.8) is 0 Å². The molecule has 3 N–H and O–H groups in total. The van der Waals surface area contributed by atoms with E-state index in [4.69, 9.17) is 10.5 Å². The first-order valence-electron chi connectivity index (χ1n) is 6.89. The lowest BCUT2D eigenvalue weighted by atomic mass is 9.96. The number of hydrogen-bond acceptors (Lipinski definition) is 3. The molecule has 0 saturated carbocycles. The largest absolute Gasteiger partial charge is 0.493 e. The number of ether oxygens (including phenoxy) is 1. The number of nitrogens with one attached hydrogen (secondary N) is 1. The predicted molar refractivity (Wildman–Crippen MR) is 83.6 cm³/mol. The van der Waals surface area contributed by atoms with E-state index in [0.717, 1.165) is 42.9 Å². The van der Waals surface area contributed by atoms with Crippen molar-refractivity contribution in [1.29, 1.82) is 0 Å². The van der Waals surface area contributed by atoms with Crippen LogP contribution in [0.3, 0.4) is 0 Å². The number of aryl methyl sites for hydroxylation is 1. The van der Waals surface area contributed by atoms with Crippen molar-refractivity contribution in [2.24, 2.45) is 5.73 Å². The number of benzene rings is 1. The molecule has 1 aromatic carbocycles. The summed E-state index contributed by atoms with van der Waals surface area (Å²) in [6.45, 7) is 4.57. The average molecular weight is 299 g/mol. The van der Waals surface area contributed by atoms with Gasteiger partial charge in [0.05, 0.1) is 12.1 Å². The monoisotopic (exact) mass is 298 g/mol. The van der Waals surface area contributed by atoms with Crippen molar-refractivity contribution in [3.05, 3.63) is 23.8 Å². The van der Waals surface area contributed by atoms with E-state index in [1.54, 1.807) is 6.92 Å². The molecule has 0 aliphatic carbocycles. The van der Waals surface area contributed by atoms with Gasteiger partial charge in [-0.1, -0.05) is 13.3 Å². The minimum Gasteiger partial charge on any atom is -0.493 e. The van der Waals surface area contributed by atoms with Crippen molar-refractivity contribution < 1.29 is 9.53 Å². The molecule has 1 heterocycles. The average Bonchev–Trinajstić information content (AvgIpc) is 2.38. The Hall–Kier alpha value is -1.26. The highest BCUT2D eigenvalue weighted by molar-refractivity contribution is 5.97. The fourth-order valence-electron chi connectivity index (χ4n) is 2.34. The number of anilines is 1. The van der Waals surface area contributed by atoms with Gasteiger partial charge in [0.1, 0.15) is 5.75 Å². The Bertz CT molecular complexity index is 475. The van der Waals surface area contributed by atoms with E-state index in [1.807, 2.05) is 25.1 Å². The first-order chi connectivity index (χ1) is 9.03. The van der Waals surface area contributed by atoms with Crippen LogP contribution in [0, 0.1) is 0 Å². The highest BCUT2D eigenvalue weighted by atomic mass is 35.5. The van der Waals surface area contributed by atoms with Gasteiger partial charge < -0.3 is 15.8 Å². The van der Waals surface area contributed by atoms with Gasteiger partial charge in [-0.2, -0.15) is 0 Å². The fourth-order valence-corrected chi connectivity index (χ4v) is 2.34. The van der Waals surface area contributed by atoms with Gasteiger partial charge in [-0.25, -0.2) is 0 Å². The van der Waals surface area contributed by atoms with Crippen LogP contribution in [0.25, 0.3) is 0 Å². The van der Waals surface area contributed by atoms with Gasteiger partial charge in [-0.05, 0) is 49.9 Å². The van der Waals surface area contributed by atoms with Crippen molar-refractivity contribution in [1.82, 2.24) is 0 Å². The number of hydrogen-bond donors (Lipinski definition) is 2. The van der Waals surface area contributed by atoms with Crippen molar-refractivity contribution in [3.8, 4) is 5.75 Å². The Kier molecular flexibility index (Phi) is 5.84. The second kappa shape index (κ2) is 6.95. The zero-order chi connectivity index (χ0) is 13.9. The van der Waals surface area contributed by atoms with Gasteiger partial charge in [0.2, 0.25) is 5.91 Å². The maximum Gasteiger partial charge on any atom is 0.244 e. The van der Waals surface area contributed by atoms with E-state index in [0.29, 0.717) is 6.42 Å². The van der Waals surface area contributed by atoms with E-state index in [-0.39, 0.29) is 18.3 Å². The molecular formula is C15H23ClN2O2. The third kappa shape index (κ3) is 3.87. The number of amides is 1. The summed E-state index contributed by atoms with van der Waals surface area (Å²) in [6.07, 6.45) is 3.58. The second-order valence-corrected chi connectivity index (χ2v) is 5.40. The van der Waals surface area contributed by atoms with Gasteiger partial charge in [-0.15, -0.1) is 12.4 Å². The molecule has 0 radical (unpaired) electrons. The van der Waals surface area contributed by atoms with Gasteiger partial charge in [0.15, 0.2) is 0 Å². The summed E-state index contributed by atoms with van der Waals surface area (Å²) in [5.41, 5.74) is 7.15. The Morgan fingerprint density at radius 2 is 2.25 bits per heavy atom. The molecule has 1 aliphatic rings. The Balaban J connectivity index is 0.00000200. The fraction of sp³-hybridized carbons (Fsp3) is 0.533. The van der Waals surface area contributed by atoms with Crippen LogP contribution in [-0.2, 0) is 11.2 Å². The van der Waals surface area contributed by atoms with E-state index in [1.165, 1.54) is 0 Å². The topological polar surface area (TPSA) is 64.4 Å². The summed E-state index contributed by atoms with van der Waals surface area (Å²) >= 11 is 0. The summed E-state index contributed by atoms with van der Waals surface area (Å²) in [5.74, 6) is 0.791. The third-order valence-corrected chi connectivity index (χ3v) is 3.45. The van der Waals surface area contributed by atoms with Gasteiger partial charge >= 0.3 is 0 Å². The highest BCUT2D eigenvalue weighted by Gasteiger charge is 2.27. The molecule has 2 rings (SSSR count). The summed E-state index contributed by atoms with van der Waals surface area (Å²) in [5, 5.41) is 2.90. The van der Waals surface area contributed by atoms with Crippen molar-refractivity contribution in [2.45, 2.75) is 45.1 Å². The predicted octanol–water partition coefficient (Wildman–Crippen LogP) is 2.89. The van der Waals surface area contributed by atoms with Crippen LogP contribution >= 0.6 is 12.4 Å². The summed E-state index contributed by atoms with van der Waals surface area (Å²) in [4.78, 5) is 12.1. The van der Waals surface area contributed by atoms with Gasteiger partial charge in [-0.3, -0.25) is 4.79 Å². The van der Waals surface area contributed by atoms with Crippen LogP contribution in [0.5, 0.6) is 5.75 Å². The zero-order valence-electron chi connectivity index (χ0n) is 12.1. The molecule has 20 heavy (non-hydrogen) atoms. The number of halogens is 1. The zero-order valence-corrected chi connectivity index (χ0v) is 12.9. The first-order valence-corrected chi connectivity index (χ1v) is 6.89. The number of rotatable bonds is 4. The number of carbonyl (C=O) groups excluding carboxylic acids is 1. The van der Waals surface area contributed by atoms with E-state index >= 15 is 0 Å². The Morgan fingerprint density at radius 3 is 2.95 bits per heavy atom. The third-order valence-electron chi connectivity index (χ3n) is 3.45. The molecule has 0 fully saturated rings. The summed E-state index contributed by atoms with van der Waals surface area (Å²) < 4.78 is 5.55. The van der Waals surface area contributed by atoms with Gasteiger partial charge in [0.25, 0.3) is 0 Å². The molecule has 4 nitrogen and oxygen atoms in total. The smallest absolute Gasteiger partial charge is 0.244 e. The normalized spacial score (nSPS) is 16.1. The molecule has 1 aliphatic heterocycles. The van der Waals surface area contributed by atoms with Crippen LogP contribution in [0.4, 0.5) is 5.69 Å². The van der Waals surface area contributed by atoms with Crippen LogP contribution in [0.15, 0.2) is 18.2 Å². The maximum absolute atomic E-state index is 12.1. The van der Waals surface area contributed by atoms with Crippen LogP contribution in [0.2, 0.25) is 0 Å². The van der Waals surface area contributed by atoms with E-state index in [9.17, 15) is 4.79 Å². The molecule has 1 amide bonds. The van der Waals surface area contributed by atoms with Crippen LogP contribution in [0.1, 0.15) is 38.7 Å². The lowest BCUT2D eigenvalue weighted by molar-refractivity contribution is -0.120. The minimum absolute atomic E-state index is 0. The number of carbonyl (C=O) groups is 1. The molecule has 1 aromatic rings. The molecule has 0 spiro atoms. The summed E-state index contributed by atoms with van der Waals surface area (Å²) in [7, 11) is 0. The highest BCUT2D eigenvalue weighted by Crippen LogP contribution is 2.27. The van der Waals surface area contributed by atoms with Crippen LogP contribution < -0.4 is 15.8 Å². The Morgan fingerprint density at radius 1 is 1.50 bits per heavy atom. The van der Waals surface area contributed by atoms with Gasteiger partial charge in [0, 0.05) is 5.69 Å². The molecule has 1 unspecified atom stereocenters. The lowest BCUT2D eigenvalue weighted by Crippen LogP contribution is -2.48. The molecule has 112 valence electrons. The molecule has 1 atom stereocenters. The molecule has 0 saturated heterocycles. The molecule has 0 aromatic heterocycles. The Labute approximate surface area is 126 Å². The summed E-state index contributed by atoms with van der Waals surface area (Å²) in [6, 6.07) is 5.76. The van der Waals surface area contributed by atoms with E-state index in [2.05, 4.69) is 5.32 Å². The second-order valence-electron chi connectivity index (χ2n) is 5.40. The van der Waals surface area contributed by atoms with Crippen LogP contribution in [-0.4, -0.2) is 18.1 Å². The maximum atomic E-state index is 12.1. The quantitative estimate of drug-likeness (QED) is 0.898. The lowest BCUT2D eigenvalue weighted by Gasteiger charge is -2.23. The number of fused-ring (bicyclic) bond motifs is 1. The molecular weight excluding hydrogens is 276 g/mol. The first kappa shape index (κ1) is 16.8. The van der Waals surface area contributed by atoms with Crippen molar-refractivity contribution in [2.75, 3.05) is 11.9 Å². The molecule has 0 bridgehead atoms. The minimum atomic E-state index is -0.818. The number of nitrogens with two attached hydrogens (primary N) is 1. The van der Waals surface area contributed by atoms with Crippen molar-refractivity contribution >= 4 is 24.0 Å².